The van der Waals surface area contributed by atoms with Gasteiger partial charge >= 0.3 is 0 Å². The SMILES string of the molecule is Clc1cc2ncc(N3CCC(c4ncn[nH]4)CC3)nc2cc1Cl. The van der Waals surface area contributed by atoms with Crippen molar-refractivity contribution in [3.8, 4) is 0 Å². The maximum Gasteiger partial charge on any atom is 0.147 e. The molecule has 1 aromatic carbocycles. The van der Waals surface area contributed by atoms with Gasteiger partial charge in [-0.2, -0.15) is 5.10 Å². The minimum absolute atomic E-state index is 0.426. The molecule has 6 nitrogen and oxygen atoms in total. The van der Waals surface area contributed by atoms with E-state index in [1.54, 1.807) is 24.7 Å². The average Bonchev–Trinajstić information content (AvgIpc) is 3.10. The van der Waals surface area contributed by atoms with Gasteiger partial charge < -0.3 is 4.90 Å². The van der Waals surface area contributed by atoms with Crippen LogP contribution in [0.3, 0.4) is 0 Å². The number of hydrogen-bond acceptors (Lipinski definition) is 5. The van der Waals surface area contributed by atoms with Crippen LogP contribution >= 0.6 is 23.2 Å². The number of piperidine rings is 1. The molecule has 118 valence electrons. The van der Waals surface area contributed by atoms with Crippen LogP contribution in [0.25, 0.3) is 11.0 Å². The summed E-state index contributed by atoms with van der Waals surface area (Å²) in [5.74, 6) is 2.26. The van der Waals surface area contributed by atoms with Crippen molar-refractivity contribution in [2.24, 2.45) is 0 Å². The number of hydrogen-bond donors (Lipinski definition) is 1. The average molecular weight is 349 g/mol. The topological polar surface area (TPSA) is 70.6 Å². The lowest BCUT2D eigenvalue weighted by Gasteiger charge is -2.31. The van der Waals surface area contributed by atoms with Gasteiger partial charge in [-0.3, -0.25) is 10.1 Å². The zero-order valence-corrected chi connectivity index (χ0v) is 13.7. The first-order valence-electron chi connectivity index (χ1n) is 7.43. The maximum absolute atomic E-state index is 6.07. The first kappa shape index (κ1) is 14.7. The highest BCUT2D eigenvalue weighted by atomic mass is 35.5. The van der Waals surface area contributed by atoms with Crippen molar-refractivity contribution in [1.82, 2.24) is 25.1 Å². The highest BCUT2D eigenvalue weighted by Gasteiger charge is 2.23. The van der Waals surface area contributed by atoms with Gasteiger partial charge in [0.2, 0.25) is 0 Å². The summed E-state index contributed by atoms with van der Waals surface area (Å²) in [6.45, 7) is 1.82. The van der Waals surface area contributed by atoms with Crippen LogP contribution in [-0.4, -0.2) is 38.2 Å². The van der Waals surface area contributed by atoms with Crippen LogP contribution in [0, 0.1) is 0 Å². The van der Waals surface area contributed by atoms with Gasteiger partial charge in [0, 0.05) is 19.0 Å². The third-order valence-electron chi connectivity index (χ3n) is 4.21. The van der Waals surface area contributed by atoms with Gasteiger partial charge in [-0.25, -0.2) is 9.97 Å². The van der Waals surface area contributed by atoms with E-state index in [4.69, 9.17) is 23.2 Å². The van der Waals surface area contributed by atoms with Gasteiger partial charge in [0.1, 0.15) is 18.0 Å². The Hall–Kier alpha value is -1.92. The fraction of sp³-hybridized carbons (Fsp3) is 0.333. The van der Waals surface area contributed by atoms with Crippen molar-refractivity contribution in [2.75, 3.05) is 18.0 Å². The minimum Gasteiger partial charge on any atom is -0.355 e. The standard InChI is InChI=1S/C15H14Cl2N6/c16-10-5-12-13(6-11(10)17)21-14(7-18-12)23-3-1-9(2-4-23)15-19-8-20-22-15/h5-9H,1-4H2,(H,19,20,22). The van der Waals surface area contributed by atoms with Crippen LogP contribution in [0.4, 0.5) is 5.82 Å². The third kappa shape index (κ3) is 2.84. The maximum atomic E-state index is 6.07. The molecule has 1 aliphatic heterocycles. The van der Waals surface area contributed by atoms with Crippen LogP contribution in [0.2, 0.25) is 10.0 Å². The molecular formula is C15H14Cl2N6. The van der Waals surface area contributed by atoms with Crippen molar-refractivity contribution in [3.63, 3.8) is 0 Å². The first-order chi connectivity index (χ1) is 11.2. The second-order valence-electron chi connectivity index (χ2n) is 5.62. The molecule has 0 spiro atoms. The van der Waals surface area contributed by atoms with Crippen LogP contribution in [0.15, 0.2) is 24.7 Å². The van der Waals surface area contributed by atoms with Crippen LogP contribution < -0.4 is 4.90 Å². The quantitative estimate of drug-likeness (QED) is 0.767. The van der Waals surface area contributed by atoms with E-state index < -0.39 is 0 Å². The molecule has 2 aromatic heterocycles. The number of aromatic nitrogens is 5. The van der Waals surface area contributed by atoms with Crippen molar-refractivity contribution in [1.29, 1.82) is 0 Å². The van der Waals surface area contributed by atoms with Crippen molar-refractivity contribution in [2.45, 2.75) is 18.8 Å². The number of H-pyrrole nitrogens is 1. The summed E-state index contributed by atoms with van der Waals surface area (Å²) < 4.78 is 0. The Labute approximate surface area is 142 Å². The first-order valence-corrected chi connectivity index (χ1v) is 8.18. The van der Waals surface area contributed by atoms with E-state index in [-0.39, 0.29) is 0 Å². The molecule has 1 N–H and O–H groups in total. The number of aromatic amines is 1. The fourth-order valence-electron chi connectivity index (χ4n) is 2.94. The number of benzene rings is 1. The van der Waals surface area contributed by atoms with Crippen LogP contribution in [0.5, 0.6) is 0 Å². The summed E-state index contributed by atoms with van der Waals surface area (Å²) in [6, 6.07) is 3.50. The van der Waals surface area contributed by atoms with Gasteiger partial charge in [-0.05, 0) is 25.0 Å². The largest absolute Gasteiger partial charge is 0.355 e. The summed E-state index contributed by atoms with van der Waals surface area (Å²) in [5, 5.41) is 7.88. The molecule has 8 heteroatoms. The van der Waals surface area contributed by atoms with Crippen LogP contribution in [0.1, 0.15) is 24.6 Å². The van der Waals surface area contributed by atoms with Crippen molar-refractivity contribution >= 4 is 40.1 Å². The molecule has 23 heavy (non-hydrogen) atoms. The number of fused-ring (bicyclic) bond motifs is 1. The summed E-state index contributed by atoms with van der Waals surface area (Å²) in [5.41, 5.74) is 1.51. The van der Waals surface area contributed by atoms with Gasteiger partial charge in [-0.15, -0.1) is 0 Å². The molecule has 1 fully saturated rings. The van der Waals surface area contributed by atoms with Crippen molar-refractivity contribution < 1.29 is 0 Å². The second-order valence-corrected chi connectivity index (χ2v) is 6.43. The monoisotopic (exact) mass is 348 g/mol. The number of anilines is 1. The lowest BCUT2D eigenvalue weighted by atomic mass is 9.96. The Morgan fingerprint density at radius 2 is 1.78 bits per heavy atom. The summed E-state index contributed by atoms with van der Waals surface area (Å²) in [7, 11) is 0. The molecule has 0 bridgehead atoms. The molecule has 0 aliphatic carbocycles. The number of halogens is 2. The van der Waals surface area contributed by atoms with E-state index in [1.165, 1.54) is 0 Å². The van der Waals surface area contributed by atoms with E-state index in [2.05, 4.69) is 30.0 Å². The molecule has 0 saturated carbocycles. The number of nitrogens with zero attached hydrogens (tertiary/aromatic N) is 5. The summed E-state index contributed by atoms with van der Waals surface area (Å²) in [4.78, 5) is 15.6. The van der Waals surface area contributed by atoms with Crippen LogP contribution in [-0.2, 0) is 0 Å². The molecule has 0 radical (unpaired) electrons. The molecule has 0 atom stereocenters. The molecule has 3 aromatic rings. The Bertz CT molecular complexity index is 827. The fourth-order valence-corrected chi connectivity index (χ4v) is 3.26. The van der Waals surface area contributed by atoms with Gasteiger partial charge in [-0.1, -0.05) is 23.2 Å². The Morgan fingerprint density at radius 3 is 2.48 bits per heavy atom. The predicted octanol–water partition coefficient (Wildman–Crippen LogP) is 3.44. The Kier molecular flexibility index (Phi) is 3.79. The number of nitrogens with one attached hydrogen (secondary N) is 1. The third-order valence-corrected chi connectivity index (χ3v) is 4.93. The van der Waals surface area contributed by atoms with Crippen molar-refractivity contribution in [3.05, 3.63) is 40.5 Å². The number of rotatable bonds is 2. The predicted molar refractivity (Wildman–Crippen MR) is 90.1 cm³/mol. The molecule has 1 saturated heterocycles. The summed E-state index contributed by atoms with van der Waals surface area (Å²) in [6.07, 6.45) is 5.37. The summed E-state index contributed by atoms with van der Waals surface area (Å²) >= 11 is 12.1. The molecule has 1 aliphatic rings. The molecule has 0 unspecified atom stereocenters. The normalized spacial score (nSPS) is 16.2. The van der Waals surface area contributed by atoms with Gasteiger partial charge in [0.15, 0.2) is 0 Å². The van der Waals surface area contributed by atoms with E-state index in [0.717, 1.165) is 48.6 Å². The molecule has 4 rings (SSSR count). The van der Waals surface area contributed by atoms with Gasteiger partial charge in [0.25, 0.3) is 0 Å². The zero-order chi connectivity index (χ0) is 15.8. The molecule has 3 heterocycles. The van der Waals surface area contributed by atoms with Gasteiger partial charge in [0.05, 0.1) is 27.3 Å². The van der Waals surface area contributed by atoms with E-state index in [9.17, 15) is 0 Å². The Balaban J connectivity index is 1.55. The highest BCUT2D eigenvalue weighted by Crippen LogP contribution is 2.30. The van der Waals surface area contributed by atoms with E-state index in [1.807, 2.05) is 0 Å². The van der Waals surface area contributed by atoms with E-state index >= 15 is 0 Å². The lowest BCUT2D eigenvalue weighted by molar-refractivity contribution is 0.484. The van der Waals surface area contributed by atoms with E-state index in [0.29, 0.717) is 16.0 Å². The Morgan fingerprint density at radius 1 is 1.04 bits per heavy atom. The lowest BCUT2D eigenvalue weighted by Crippen LogP contribution is -2.33. The smallest absolute Gasteiger partial charge is 0.147 e. The minimum atomic E-state index is 0.426. The highest BCUT2D eigenvalue weighted by molar-refractivity contribution is 6.42. The molecular weight excluding hydrogens is 335 g/mol. The second kappa shape index (κ2) is 5.94. The zero-order valence-electron chi connectivity index (χ0n) is 12.2. The molecule has 0 amide bonds.